The van der Waals surface area contributed by atoms with E-state index >= 15 is 0 Å². The predicted octanol–water partition coefficient (Wildman–Crippen LogP) is 3.23. The zero-order chi connectivity index (χ0) is 25.4. The van der Waals surface area contributed by atoms with Gasteiger partial charge in [0.15, 0.2) is 0 Å². The summed E-state index contributed by atoms with van der Waals surface area (Å²) in [4.78, 5) is 29.0. The zero-order valence-electron chi connectivity index (χ0n) is 20.8. The highest BCUT2D eigenvalue weighted by atomic mass is 32.1. The van der Waals surface area contributed by atoms with Crippen LogP contribution >= 0.6 is 11.3 Å². The molecule has 1 aliphatic heterocycles. The predicted molar refractivity (Wildman–Crippen MR) is 136 cm³/mol. The summed E-state index contributed by atoms with van der Waals surface area (Å²) in [5.74, 6) is 8.17. The van der Waals surface area contributed by atoms with Crippen LogP contribution in [0.3, 0.4) is 0 Å². The van der Waals surface area contributed by atoms with Crippen molar-refractivity contribution in [3.8, 4) is 10.4 Å². The number of benzene rings is 1. The first-order valence-corrected chi connectivity index (χ1v) is 12.0. The van der Waals surface area contributed by atoms with Crippen molar-refractivity contribution >= 4 is 23.7 Å². The number of amides is 2. The lowest BCUT2D eigenvalue weighted by Crippen LogP contribution is -2.32. The molecule has 8 nitrogen and oxygen atoms in total. The highest BCUT2D eigenvalue weighted by molar-refractivity contribution is 7.13. The highest BCUT2D eigenvalue weighted by Crippen LogP contribution is 2.27. The lowest BCUT2D eigenvalue weighted by Gasteiger charge is -2.22. The lowest BCUT2D eigenvalue weighted by atomic mass is 9.92. The van der Waals surface area contributed by atoms with Gasteiger partial charge in [-0.2, -0.15) is 0 Å². The average Bonchev–Trinajstić information content (AvgIpc) is 3.43. The summed E-state index contributed by atoms with van der Waals surface area (Å²) in [6.45, 7) is 14.0. The molecule has 0 saturated carbocycles. The van der Waals surface area contributed by atoms with Crippen molar-refractivity contribution in [1.82, 2.24) is 15.2 Å². The topological polar surface area (TPSA) is 135 Å². The minimum absolute atomic E-state index is 0.0463. The second kappa shape index (κ2) is 16.3. The summed E-state index contributed by atoms with van der Waals surface area (Å²) in [5, 5.41) is 11.9. The number of nitrogens with zero attached hydrogens (tertiary/aromatic N) is 2. The summed E-state index contributed by atoms with van der Waals surface area (Å²) in [7, 11) is 0. The van der Waals surface area contributed by atoms with E-state index in [1.54, 1.807) is 16.2 Å². The molecule has 1 saturated heterocycles. The van der Waals surface area contributed by atoms with Crippen molar-refractivity contribution in [3.05, 3.63) is 41.0 Å². The number of hydrogen-bond acceptors (Lipinski definition) is 7. The molecule has 1 aliphatic rings. The molecule has 0 radical (unpaired) electrons. The number of carbonyl (C=O) groups excluding carboxylic acids is 2. The maximum Gasteiger partial charge on any atom is 0.223 e. The van der Waals surface area contributed by atoms with Crippen molar-refractivity contribution in [3.63, 3.8) is 0 Å². The van der Waals surface area contributed by atoms with Gasteiger partial charge in [0.25, 0.3) is 0 Å². The Kier molecular flexibility index (Phi) is 15.2. The van der Waals surface area contributed by atoms with E-state index in [4.69, 9.17) is 0 Å². The number of hydrazine groups is 1. The number of aryl methyl sites for hydroxylation is 1. The zero-order valence-corrected chi connectivity index (χ0v) is 21.6. The van der Waals surface area contributed by atoms with Crippen molar-refractivity contribution in [2.45, 2.75) is 67.0 Å². The molecule has 3 rings (SSSR count). The van der Waals surface area contributed by atoms with Crippen LogP contribution in [0.2, 0.25) is 0 Å². The Balaban J connectivity index is 0.000000549. The van der Waals surface area contributed by atoms with Crippen LogP contribution in [0.25, 0.3) is 10.4 Å². The average molecular weight is 480 g/mol. The van der Waals surface area contributed by atoms with Crippen molar-refractivity contribution in [1.29, 1.82) is 0 Å². The van der Waals surface area contributed by atoms with Gasteiger partial charge >= 0.3 is 0 Å². The summed E-state index contributed by atoms with van der Waals surface area (Å²) < 4.78 is 0. The van der Waals surface area contributed by atoms with Crippen LogP contribution in [0.15, 0.2) is 29.8 Å². The van der Waals surface area contributed by atoms with Gasteiger partial charge in [-0.1, -0.05) is 58.9 Å². The van der Waals surface area contributed by atoms with Crippen LogP contribution in [-0.2, 0) is 16.1 Å². The monoisotopic (exact) mass is 479 g/mol. The Morgan fingerprint density at radius 1 is 1.27 bits per heavy atom. The Hall–Kier alpha value is -2.33. The number of carbonyl (C=O) groups is 2. The first-order valence-electron chi connectivity index (χ1n) is 11.1. The summed E-state index contributed by atoms with van der Waals surface area (Å²) in [6.07, 6.45) is 1.71. The minimum atomic E-state index is -0.302. The summed E-state index contributed by atoms with van der Waals surface area (Å²) in [6, 6.07) is 8.15. The van der Waals surface area contributed by atoms with Gasteiger partial charge in [-0.05, 0) is 29.9 Å². The normalized spacial score (nSPS) is 14.6. The fourth-order valence-electron chi connectivity index (χ4n) is 3.05. The summed E-state index contributed by atoms with van der Waals surface area (Å²) >= 11 is 1.64. The van der Waals surface area contributed by atoms with Crippen LogP contribution in [0.1, 0.15) is 58.7 Å². The molecule has 2 amide bonds. The van der Waals surface area contributed by atoms with Gasteiger partial charge in [-0.15, -0.1) is 11.3 Å². The van der Waals surface area contributed by atoms with Crippen LogP contribution in [-0.4, -0.2) is 46.5 Å². The van der Waals surface area contributed by atoms with Crippen molar-refractivity contribution < 1.29 is 14.7 Å². The van der Waals surface area contributed by atoms with Gasteiger partial charge in [-0.25, -0.2) is 4.98 Å². The van der Waals surface area contributed by atoms with E-state index in [0.717, 1.165) is 24.2 Å². The number of aliphatic hydroxyl groups is 1. The molecule has 186 valence electrons. The molecule has 0 spiro atoms. The Bertz CT molecular complexity index is 803. The van der Waals surface area contributed by atoms with Gasteiger partial charge in [0.1, 0.15) is 0 Å². The maximum atomic E-state index is 11.6. The van der Waals surface area contributed by atoms with Gasteiger partial charge in [0, 0.05) is 26.1 Å². The third kappa shape index (κ3) is 11.9. The molecule has 6 N–H and O–H groups in total. The standard InChI is InChI=1S/C12H12N2OS.C10H19NO2.C2H6.H4N2/c1-9-12(16-8-14-9)11-4-2-10(3-5-11)6-13-7-15;1-10(2,3)6-9(13)11-5-4-8(12)7-11;2*1-2/h2-5,7-8H,6H2,1H3,(H,13,15);8,12H,4-7H2,1-3H3;1-2H3;1-2H2. The number of rotatable bonds is 5. The van der Waals surface area contributed by atoms with Crippen LogP contribution < -0.4 is 17.0 Å². The Labute approximate surface area is 202 Å². The molecule has 1 fully saturated rings. The number of aromatic nitrogens is 1. The van der Waals surface area contributed by atoms with Crippen molar-refractivity contribution in [2.24, 2.45) is 17.1 Å². The first-order chi connectivity index (χ1) is 15.7. The second-order valence-corrected chi connectivity index (χ2v) is 9.34. The maximum absolute atomic E-state index is 11.6. The van der Waals surface area contributed by atoms with E-state index in [1.165, 1.54) is 10.4 Å². The van der Waals surface area contributed by atoms with Gasteiger partial charge in [-0.3, -0.25) is 21.3 Å². The molecule has 1 aromatic carbocycles. The van der Waals surface area contributed by atoms with Gasteiger partial charge in [0.05, 0.1) is 22.2 Å². The minimum Gasteiger partial charge on any atom is -0.391 e. The second-order valence-electron chi connectivity index (χ2n) is 8.48. The van der Waals surface area contributed by atoms with Gasteiger partial charge < -0.3 is 15.3 Å². The lowest BCUT2D eigenvalue weighted by molar-refractivity contribution is -0.132. The number of thiazole rings is 1. The molecule has 2 aromatic rings. The highest BCUT2D eigenvalue weighted by Gasteiger charge is 2.27. The number of nitrogens with one attached hydrogen (secondary N) is 1. The molecular weight excluding hydrogens is 438 g/mol. The third-order valence-corrected chi connectivity index (χ3v) is 5.53. The van der Waals surface area contributed by atoms with Crippen LogP contribution in [0.5, 0.6) is 0 Å². The molecule has 0 aliphatic carbocycles. The Morgan fingerprint density at radius 2 is 1.88 bits per heavy atom. The smallest absolute Gasteiger partial charge is 0.223 e. The fourth-order valence-corrected chi connectivity index (χ4v) is 3.86. The molecule has 1 aromatic heterocycles. The number of aliphatic hydroxyl groups excluding tert-OH is 1. The third-order valence-electron chi connectivity index (χ3n) is 4.55. The van der Waals surface area contributed by atoms with Gasteiger partial charge in [0.2, 0.25) is 12.3 Å². The fraction of sp³-hybridized carbons (Fsp3) is 0.542. The number of hydrogen-bond donors (Lipinski definition) is 4. The largest absolute Gasteiger partial charge is 0.391 e. The van der Waals surface area contributed by atoms with E-state index in [2.05, 4.69) is 54.9 Å². The van der Waals surface area contributed by atoms with E-state index in [0.29, 0.717) is 25.9 Å². The molecule has 1 atom stereocenters. The van der Waals surface area contributed by atoms with E-state index in [1.807, 2.05) is 38.4 Å². The molecule has 9 heteroatoms. The number of nitrogens with two attached hydrogens (primary N) is 2. The molecular formula is C24H41N5O3S. The summed E-state index contributed by atoms with van der Waals surface area (Å²) in [5.41, 5.74) is 5.23. The molecule has 0 bridgehead atoms. The van der Waals surface area contributed by atoms with Crippen LogP contribution in [0.4, 0.5) is 0 Å². The number of β-amino-alcohol motifs (C(OH)–C–C–N with tert-alkyl or cyclic N) is 1. The van der Waals surface area contributed by atoms with E-state index in [-0.39, 0.29) is 17.4 Å². The molecule has 1 unspecified atom stereocenters. The Morgan fingerprint density at radius 3 is 2.30 bits per heavy atom. The van der Waals surface area contributed by atoms with Crippen molar-refractivity contribution in [2.75, 3.05) is 13.1 Å². The quantitative estimate of drug-likeness (QED) is 0.295. The SMILES string of the molecule is CC.CC(C)(C)CC(=O)N1CCC(O)C1.Cc1ncsc1-c1ccc(CNC=O)cc1.NN. The van der Waals surface area contributed by atoms with E-state index < -0.39 is 0 Å². The molecule has 33 heavy (non-hydrogen) atoms. The van der Waals surface area contributed by atoms with E-state index in [9.17, 15) is 14.7 Å². The number of likely N-dealkylation sites (tertiary alicyclic amines) is 1. The molecule has 2 heterocycles. The first kappa shape index (κ1) is 30.7. The van der Waals surface area contributed by atoms with Crippen LogP contribution in [0, 0.1) is 12.3 Å².